The van der Waals surface area contributed by atoms with E-state index in [4.69, 9.17) is 0 Å². The molecule has 0 aliphatic carbocycles. The van der Waals surface area contributed by atoms with Gasteiger partial charge < -0.3 is 5.32 Å². The number of pyridine rings is 1. The number of hydrogen-bond donors (Lipinski definition) is 1. The first-order valence-electron chi connectivity index (χ1n) is 8.67. The van der Waals surface area contributed by atoms with Gasteiger partial charge in [-0.25, -0.2) is 0 Å². The van der Waals surface area contributed by atoms with E-state index >= 15 is 0 Å². The minimum Gasteiger partial charge on any atom is -0.312 e. The first-order valence-corrected chi connectivity index (χ1v) is 9.49. The molecule has 0 unspecified atom stereocenters. The first kappa shape index (κ1) is 21.0. The van der Waals surface area contributed by atoms with Gasteiger partial charge in [0.1, 0.15) is 0 Å². The summed E-state index contributed by atoms with van der Waals surface area (Å²) in [5, 5.41) is 25.6. The van der Waals surface area contributed by atoms with E-state index in [-0.39, 0.29) is 26.7 Å². The molecule has 2 aromatic heterocycles. The summed E-state index contributed by atoms with van der Waals surface area (Å²) >= 11 is 0.895. The summed E-state index contributed by atoms with van der Waals surface area (Å²) in [5.41, 5.74) is -0.292. The molecule has 1 amide bonds. The molecule has 1 aromatic carbocycles. The van der Waals surface area contributed by atoms with Gasteiger partial charge in [-0.05, 0) is 29.3 Å². The number of anilines is 1. The lowest BCUT2D eigenvalue weighted by Crippen LogP contribution is -2.17. The number of nitro groups is 2. The molecule has 9 nitrogen and oxygen atoms in total. The second-order valence-electron chi connectivity index (χ2n) is 6.54. The van der Waals surface area contributed by atoms with E-state index in [1.807, 2.05) is 0 Å². The van der Waals surface area contributed by atoms with Crippen LogP contribution in [-0.4, -0.2) is 20.7 Å². The smallest absolute Gasteiger partial charge is 0.312 e. The highest BCUT2D eigenvalue weighted by molar-refractivity contribution is 7.21. The third kappa shape index (κ3) is 4.01. The molecular weight excluding hydrogens is 415 g/mol. The average molecular weight is 430 g/mol. The fourth-order valence-corrected chi connectivity index (χ4v) is 3.91. The maximum atomic E-state index is 13.8. The quantitative estimate of drug-likeness (QED) is 0.431. The molecule has 154 valence electrons. The number of amides is 1. The molecule has 3 rings (SSSR count). The van der Waals surface area contributed by atoms with E-state index in [0.717, 1.165) is 23.5 Å². The third-order valence-electron chi connectivity index (χ3n) is 4.20. The Morgan fingerprint density at radius 2 is 1.77 bits per heavy atom. The van der Waals surface area contributed by atoms with Crippen LogP contribution >= 0.6 is 11.3 Å². The van der Waals surface area contributed by atoms with Crippen molar-refractivity contribution in [3.8, 4) is 21.6 Å². The summed E-state index contributed by atoms with van der Waals surface area (Å²) in [4.78, 5) is 38.0. The van der Waals surface area contributed by atoms with E-state index in [0.29, 0.717) is 5.56 Å². The Morgan fingerprint density at radius 1 is 1.10 bits per heavy atom. The first-order chi connectivity index (χ1) is 14.2. The SMILES string of the molecule is CC(C)C(=O)Nc1sc(-c2ccc(F)c([N+](=O)[O-])c2)c(-c2ccncc2)c1[N+](=O)[O-]. The molecule has 0 fully saturated rings. The third-order valence-corrected chi connectivity index (χ3v) is 5.34. The zero-order valence-electron chi connectivity index (χ0n) is 15.8. The minimum atomic E-state index is -1.02. The van der Waals surface area contributed by atoms with Gasteiger partial charge in [0.05, 0.1) is 20.3 Å². The van der Waals surface area contributed by atoms with E-state index in [2.05, 4.69) is 10.3 Å². The molecule has 1 N–H and O–H groups in total. The highest BCUT2D eigenvalue weighted by Gasteiger charge is 2.31. The number of carbonyl (C=O) groups is 1. The molecule has 3 aromatic rings. The number of rotatable bonds is 6. The lowest BCUT2D eigenvalue weighted by molar-refractivity contribution is -0.387. The number of halogens is 1. The Bertz CT molecular complexity index is 1150. The Morgan fingerprint density at radius 3 is 2.33 bits per heavy atom. The van der Waals surface area contributed by atoms with Crippen molar-refractivity contribution in [1.82, 2.24) is 4.98 Å². The molecule has 0 saturated heterocycles. The molecular formula is C19H15FN4O5S. The number of thiophene rings is 1. The van der Waals surface area contributed by atoms with Crippen LogP contribution in [-0.2, 0) is 4.79 Å². The van der Waals surface area contributed by atoms with Crippen LogP contribution in [0.5, 0.6) is 0 Å². The van der Waals surface area contributed by atoms with E-state index in [1.54, 1.807) is 26.0 Å². The van der Waals surface area contributed by atoms with Crippen molar-refractivity contribution in [2.75, 3.05) is 5.32 Å². The Balaban J connectivity index is 2.32. The van der Waals surface area contributed by atoms with Crippen LogP contribution in [0, 0.1) is 32.0 Å². The molecule has 0 radical (unpaired) electrons. The van der Waals surface area contributed by atoms with E-state index < -0.39 is 33.2 Å². The molecule has 0 aliphatic heterocycles. The second kappa shape index (κ2) is 8.33. The molecule has 0 saturated carbocycles. The van der Waals surface area contributed by atoms with Crippen LogP contribution in [0.3, 0.4) is 0 Å². The van der Waals surface area contributed by atoms with Gasteiger partial charge in [0.2, 0.25) is 11.7 Å². The molecule has 0 spiro atoms. The predicted molar refractivity (Wildman–Crippen MR) is 110 cm³/mol. The van der Waals surface area contributed by atoms with Crippen LogP contribution in [0.1, 0.15) is 13.8 Å². The fourth-order valence-electron chi connectivity index (χ4n) is 2.72. The van der Waals surface area contributed by atoms with Gasteiger partial charge in [-0.1, -0.05) is 19.9 Å². The van der Waals surface area contributed by atoms with Crippen molar-refractivity contribution in [3.05, 3.63) is 68.8 Å². The number of aromatic nitrogens is 1. The van der Waals surface area contributed by atoms with Gasteiger partial charge in [0.25, 0.3) is 0 Å². The summed E-state index contributed by atoms with van der Waals surface area (Å²) < 4.78 is 13.8. The minimum absolute atomic E-state index is 0.00695. The average Bonchev–Trinajstić information content (AvgIpc) is 3.08. The molecule has 2 heterocycles. The predicted octanol–water partition coefficient (Wildman–Crippen LogP) is 5.03. The number of carbonyl (C=O) groups excluding carboxylic acids is 1. The summed E-state index contributed by atoms with van der Waals surface area (Å²) in [6.07, 6.45) is 2.89. The van der Waals surface area contributed by atoms with Crippen LogP contribution in [0.2, 0.25) is 0 Å². The van der Waals surface area contributed by atoms with Crippen molar-refractivity contribution in [2.24, 2.45) is 5.92 Å². The van der Waals surface area contributed by atoms with E-state index in [9.17, 15) is 29.4 Å². The molecule has 0 bridgehead atoms. The van der Waals surface area contributed by atoms with Crippen molar-refractivity contribution in [2.45, 2.75) is 13.8 Å². The zero-order chi connectivity index (χ0) is 22.0. The summed E-state index contributed by atoms with van der Waals surface area (Å²) in [6, 6.07) is 6.34. The number of nitrogens with zero attached hydrogens (tertiary/aromatic N) is 3. The normalized spacial score (nSPS) is 10.8. The van der Waals surface area contributed by atoms with Crippen LogP contribution < -0.4 is 5.32 Å². The number of nitro benzene ring substituents is 1. The highest BCUT2D eigenvalue weighted by Crippen LogP contribution is 2.51. The maximum absolute atomic E-state index is 13.8. The van der Waals surface area contributed by atoms with Crippen molar-refractivity contribution in [1.29, 1.82) is 0 Å². The number of benzene rings is 1. The number of nitrogens with one attached hydrogen (secondary N) is 1. The Kier molecular flexibility index (Phi) is 5.83. The second-order valence-corrected chi connectivity index (χ2v) is 7.56. The van der Waals surface area contributed by atoms with Crippen LogP contribution in [0.15, 0.2) is 42.7 Å². The fraction of sp³-hybridized carbons (Fsp3) is 0.158. The molecule has 0 aliphatic rings. The summed E-state index contributed by atoms with van der Waals surface area (Å²) in [5.74, 6) is -1.86. The Hall–Kier alpha value is -3.73. The van der Waals surface area contributed by atoms with Gasteiger partial charge in [0, 0.05) is 24.4 Å². The van der Waals surface area contributed by atoms with Gasteiger partial charge in [-0.2, -0.15) is 4.39 Å². The van der Waals surface area contributed by atoms with Gasteiger partial charge in [-0.15, -0.1) is 11.3 Å². The largest absolute Gasteiger partial charge is 0.312 e. The molecule has 0 atom stereocenters. The van der Waals surface area contributed by atoms with Crippen LogP contribution in [0.25, 0.3) is 21.6 Å². The number of hydrogen-bond acceptors (Lipinski definition) is 7. The lowest BCUT2D eigenvalue weighted by atomic mass is 10.0. The monoisotopic (exact) mass is 430 g/mol. The van der Waals surface area contributed by atoms with Gasteiger partial charge in [-0.3, -0.25) is 30.0 Å². The summed E-state index contributed by atoms with van der Waals surface area (Å²) in [7, 11) is 0. The van der Waals surface area contributed by atoms with Crippen molar-refractivity contribution < 1.29 is 19.0 Å². The molecule has 30 heavy (non-hydrogen) atoms. The van der Waals surface area contributed by atoms with Gasteiger partial charge in [0.15, 0.2) is 5.00 Å². The maximum Gasteiger partial charge on any atom is 0.312 e. The van der Waals surface area contributed by atoms with E-state index in [1.165, 1.54) is 18.5 Å². The lowest BCUT2D eigenvalue weighted by Gasteiger charge is -2.05. The Labute approximate surface area is 173 Å². The van der Waals surface area contributed by atoms with Crippen LogP contribution in [0.4, 0.5) is 20.8 Å². The van der Waals surface area contributed by atoms with Crippen molar-refractivity contribution >= 4 is 33.6 Å². The van der Waals surface area contributed by atoms with Crippen molar-refractivity contribution in [3.63, 3.8) is 0 Å². The topological polar surface area (TPSA) is 128 Å². The zero-order valence-corrected chi connectivity index (χ0v) is 16.6. The standard InChI is InChI=1S/C19H15FN4O5S/c1-10(2)18(25)22-19-16(24(28)29)15(11-5-7-21-8-6-11)17(30-19)12-3-4-13(20)14(9-12)23(26)27/h3-10H,1-2H3,(H,22,25). The summed E-state index contributed by atoms with van der Waals surface area (Å²) in [6.45, 7) is 3.28. The highest BCUT2D eigenvalue weighted by atomic mass is 32.1. The molecule has 11 heteroatoms. The van der Waals surface area contributed by atoms with Gasteiger partial charge >= 0.3 is 11.4 Å².